The van der Waals surface area contributed by atoms with Crippen molar-refractivity contribution in [3.8, 4) is 0 Å². The molecule has 14 heteroatoms. The summed E-state index contributed by atoms with van der Waals surface area (Å²) in [5.74, 6) is -2.00. The summed E-state index contributed by atoms with van der Waals surface area (Å²) in [6.45, 7) is 1.46. The summed E-state index contributed by atoms with van der Waals surface area (Å²) in [4.78, 5) is 43.5. The average molecular weight is 433 g/mol. The number of nitrogens with two attached hydrogens (primary N) is 1. The van der Waals surface area contributed by atoms with Crippen molar-refractivity contribution in [2.75, 3.05) is 5.73 Å². The minimum Gasteiger partial charge on any atom is -0.454 e. The van der Waals surface area contributed by atoms with E-state index in [1.807, 2.05) is 0 Å². The van der Waals surface area contributed by atoms with E-state index in [2.05, 4.69) is 9.97 Å². The van der Waals surface area contributed by atoms with Gasteiger partial charge in [0.25, 0.3) is 6.43 Å². The highest BCUT2D eigenvalue weighted by Gasteiger charge is 2.51. The van der Waals surface area contributed by atoms with Gasteiger partial charge in [0, 0.05) is 13.3 Å². The molecule has 0 saturated carbocycles. The van der Waals surface area contributed by atoms with Crippen molar-refractivity contribution in [2.24, 2.45) is 0 Å². The Hall–Kier alpha value is -3.16. The Balaban J connectivity index is 2.14. The van der Waals surface area contributed by atoms with Crippen LogP contribution in [-0.2, 0) is 30.3 Å². The first kappa shape index (κ1) is 21.5. The van der Waals surface area contributed by atoms with E-state index in [1.54, 1.807) is 0 Å². The fourth-order valence-electron chi connectivity index (χ4n) is 3.05. The lowest BCUT2D eigenvalue weighted by Crippen LogP contribution is -2.37. The highest BCUT2D eigenvalue weighted by Crippen LogP contribution is 2.35. The summed E-state index contributed by atoms with van der Waals surface area (Å²) in [6.07, 6.45) is -9.29. The van der Waals surface area contributed by atoms with Crippen LogP contribution < -0.4 is 11.4 Å². The molecule has 1 saturated heterocycles. The molecule has 3 heterocycles. The molecule has 0 bridgehead atoms. The van der Waals surface area contributed by atoms with Crippen LogP contribution in [0.2, 0.25) is 0 Å². The minimum atomic E-state index is -2.90. The molecule has 0 aromatic carbocycles. The number of nitrogens with zero attached hydrogens (tertiary/aromatic N) is 4. The van der Waals surface area contributed by atoms with E-state index in [1.165, 1.54) is 6.92 Å². The fraction of sp³-hybridized carbons (Fsp3) is 0.562. The number of alkyl halides is 3. The Morgan fingerprint density at radius 2 is 2.07 bits per heavy atom. The molecule has 3 rings (SSSR count). The molecule has 0 amide bonds. The second kappa shape index (κ2) is 8.30. The molecule has 1 fully saturated rings. The average Bonchev–Trinajstić information content (AvgIpc) is 3.09. The van der Waals surface area contributed by atoms with E-state index in [0.29, 0.717) is 4.57 Å². The molecule has 164 valence electrons. The summed E-state index contributed by atoms with van der Waals surface area (Å²) in [5.41, 5.74) is 4.12. The molecule has 0 aliphatic carbocycles. The number of ether oxygens (including phenoxy) is 3. The lowest BCUT2D eigenvalue weighted by Gasteiger charge is -2.19. The van der Waals surface area contributed by atoms with Crippen LogP contribution in [0, 0.1) is 0 Å². The van der Waals surface area contributed by atoms with Gasteiger partial charge in [-0.3, -0.25) is 14.2 Å². The van der Waals surface area contributed by atoms with Gasteiger partial charge in [0.15, 0.2) is 18.0 Å². The van der Waals surface area contributed by atoms with Gasteiger partial charge in [0.05, 0.1) is 12.7 Å². The number of hydrogen-bond acceptors (Lipinski definition) is 9. The number of anilines is 1. The van der Waals surface area contributed by atoms with Gasteiger partial charge in [-0.05, 0) is 0 Å². The Morgan fingerprint density at radius 3 is 2.67 bits per heavy atom. The molecule has 1 aliphatic heterocycles. The number of aromatic nitrogens is 4. The van der Waals surface area contributed by atoms with Crippen LogP contribution >= 0.6 is 0 Å². The van der Waals surface area contributed by atoms with E-state index in [9.17, 15) is 27.6 Å². The predicted octanol–water partition coefficient (Wildman–Crippen LogP) is 0.518. The van der Waals surface area contributed by atoms with Gasteiger partial charge >= 0.3 is 17.6 Å². The summed E-state index contributed by atoms with van der Waals surface area (Å²) in [5, 5.41) is 0. The summed E-state index contributed by atoms with van der Waals surface area (Å²) < 4.78 is 57.4. The molecule has 30 heavy (non-hydrogen) atoms. The zero-order chi connectivity index (χ0) is 22.2. The number of imidazole rings is 1. The van der Waals surface area contributed by atoms with Crippen molar-refractivity contribution in [3.63, 3.8) is 0 Å². The summed E-state index contributed by atoms with van der Waals surface area (Å²) >= 11 is 0. The Labute approximate surface area is 166 Å². The number of nitrogen functional groups attached to an aromatic ring is 1. The van der Waals surface area contributed by atoms with Crippen LogP contribution in [0.15, 0.2) is 11.0 Å². The predicted molar refractivity (Wildman–Crippen MR) is 92.9 cm³/mol. The third-order valence-corrected chi connectivity index (χ3v) is 4.27. The van der Waals surface area contributed by atoms with Crippen LogP contribution in [-0.4, -0.2) is 56.0 Å². The molecule has 11 nitrogen and oxygen atoms in total. The number of esters is 2. The maximum atomic E-state index is 14.9. The zero-order valence-corrected chi connectivity index (χ0v) is 15.8. The van der Waals surface area contributed by atoms with Crippen molar-refractivity contribution in [2.45, 2.75) is 58.0 Å². The van der Waals surface area contributed by atoms with Gasteiger partial charge in [-0.2, -0.15) is 4.98 Å². The standard InChI is InChI=1S/C16H18F3N5O6/c1-3-9(26)29-14-10(19)11(28-6(2)25)13(30-14)24-12-7(4-21-15(20)22-12)23(16(24)27)5-8(17)18/h4,8,10-11,13-14H,3,5H2,1-2H3,(H2,20,21,22)/t10-,11-,13-,14+/m1/s1. The Kier molecular flexibility index (Phi) is 5.96. The largest absolute Gasteiger partial charge is 0.454 e. The maximum absolute atomic E-state index is 14.9. The van der Waals surface area contributed by atoms with Gasteiger partial charge in [-0.15, -0.1) is 0 Å². The van der Waals surface area contributed by atoms with Crippen LogP contribution in [0.1, 0.15) is 26.5 Å². The number of hydrogen-bond donors (Lipinski definition) is 1. The quantitative estimate of drug-likeness (QED) is 0.646. The third kappa shape index (κ3) is 3.94. The second-order valence-electron chi connectivity index (χ2n) is 6.35. The van der Waals surface area contributed by atoms with Crippen LogP contribution in [0.5, 0.6) is 0 Å². The topological polar surface area (TPSA) is 141 Å². The Bertz CT molecular complexity index is 1020. The molecule has 2 aromatic rings. The molecule has 4 atom stereocenters. The molecule has 0 unspecified atom stereocenters. The van der Waals surface area contributed by atoms with Crippen LogP contribution in [0.3, 0.4) is 0 Å². The maximum Gasteiger partial charge on any atom is 0.332 e. The van der Waals surface area contributed by atoms with E-state index in [4.69, 9.17) is 19.9 Å². The van der Waals surface area contributed by atoms with E-state index >= 15 is 0 Å². The van der Waals surface area contributed by atoms with Gasteiger partial charge < -0.3 is 19.9 Å². The SMILES string of the molecule is CCC(=O)O[C@H]1O[C@@H](n2c(=O)n(CC(F)F)c3cnc(N)nc32)[C@H](OC(C)=O)[C@H]1F. The van der Waals surface area contributed by atoms with Crippen molar-refractivity contribution in [3.05, 3.63) is 16.7 Å². The molecular formula is C16H18F3N5O6. The molecule has 0 spiro atoms. The van der Waals surface area contributed by atoms with Crippen molar-refractivity contribution >= 4 is 29.1 Å². The lowest BCUT2D eigenvalue weighted by atomic mass is 10.2. The number of fused-ring (bicyclic) bond motifs is 1. The normalized spacial score (nSPS) is 23.8. The number of halogens is 3. The summed E-state index contributed by atoms with van der Waals surface area (Å²) in [7, 11) is 0. The van der Waals surface area contributed by atoms with Gasteiger partial charge in [-0.1, -0.05) is 6.92 Å². The van der Waals surface area contributed by atoms with E-state index in [0.717, 1.165) is 17.7 Å². The van der Waals surface area contributed by atoms with Gasteiger partial charge in [0.1, 0.15) is 5.52 Å². The second-order valence-corrected chi connectivity index (χ2v) is 6.35. The van der Waals surface area contributed by atoms with Gasteiger partial charge in [-0.25, -0.2) is 27.5 Å². The molecule has 2 aromatic heterocycles. The van der Waals surface area contributed by atoms with Crippen molar-refractivity contribution in [1.29, 1.82) is 0 Å². The smallest absolute Gasteiger partial charge is 0.332 e. The first-order valence-corrected chi connectivity index (χ1v) is 8.81. The van der Waals surface area contributed by atoms with Gasteiger partial charge in [0.2, 0.25) is 18.4 Å². The third-order valence-electron chi connectivity index (χ3n) is 4.27. The minimum absolute atomic E-state index is 0.0904. The molecular weight excluding hydrogens is 415 g/mol. The highest BCUT2D eigenvalue weighted by molar-refractivity contribution is 5.72. The van der Waals surface area contributed by atoms with E-state index in [-0.39, 0.29) is 23.5 Å². The number of carbonyl (C=O) groups excluding carboxylic acids is 2. The molecule has 1 aliphatic rings. The first-order chi connectivity index (χ1) is 14.1. The van der Waals surface area contributed by atoms with E-state index < -0.39 is 55.4 Å². The molecule has 2 N–H and O–H groups in total. The lowest BCUT2D eigenvalue weighted by molar-refractivity contribution is -0.188. The van der Waals surface area contributed by atoms with Crippen molar-refractivity contribution < 1.29 is 37.0 Å². The highest BCUT2D eigenvalue weighted by atomic mass is 19.3. The van der Waals surface area contributed by atoms with Crippen LogP contribution in [0.4, 0.5) is 19.1 Å². The van der Waals surface area contributed by atoms with Crippen molar-refractivity contribution in [1.82, 2.24) is 19.1 Å². The zero-order valence-electron chi connectivity index (χ0n) is 15.8. The molecule has 0 radical (unpaired) electrons. The van der Waals surface area contributed by atoms with Crippen LogP contribution in [0.25, 0.3) is 11.2 Å². The number of carbonyl (C=O) groups is 2. The summed E-state index contributed by atoms with van der Waals surface area (Å²) in [6, 6.07) is 0. The Morgan fingerprint density at radius 1 is 1.37 bits per heavy atom. The monoisotopic (exact) mass is 433 g/mol. The fourth-order valence-corrected chi connectivity index (χ4v) is 3.05. The number of rotatable bonds is 6. The first-order valence-electron chi connectivity index (χ1n) is 8.81.